The van der Waals surface area contributed by atoms with E-state index in [9.17, 15) is 13.5 Å². The van der Waals surface area contributed by atoms with Gasteiger partial charge in [-0.05, 0) is 48.7 Å². The van der Waals surface area contributed by atoms with Crippen molar-refractivity contribution in [1.29, 1.82) is 0 Å². The van der Waals surface area contributed by atoms with Crippen molar-refractivity contribution in [3.05, 3.63) is 48.0 Å². The molecule has 2 N–H and O–H groups in total. The van der Waals surface area contributed by atoms with Crippen LogP contribution in [0.2, 0.25) is 0 Å². The molecule has 27 heavy (non-hydrogen) atoms. The molecule has 0 aromatic heterocycles. The fraction of sp³-hybridized carbons (Fsp3) is 0.429. The molecule has 2 aromatic rings. The molecule has 0 atom stereocenters. The maximum absolute atomic E-state index is 11.1. The summed E-state index contributed by atoms with van der Waals surface area (Å²) in [5.74, 6) is 0.822. The molecule has 0 radical (unpaired) electrons. The van der Waals surface area contributed by atoms with Crippen LogP contribution in [0.4, 0.5) is 0 Å². The number of unbranched alkanes of at least 4 members (excludes halogenated alkanes) is 6. The second-order valence-corrected chi connectivity index (χ2v) is 8.11. The lowest BCUT2D eigenvalue weighted by molar-refractivity contribution is 0.405. The Kier molecular flexibility index (Phi) is 8.13. The smallest absolute Gasteiger partial charge is 0.294 e. The SMILES string of the molecule is CCCCCCCCCc1cccc(Oc2ccc(S(=O)(=O)O)cc2)c1O. The number of rotatable bonds is 11. The van der Waals surface area contributed by atoms with Crippen molar-refractivity contribution < 1.29 is 22.8 Å². The summed E-state index contributed by atoms with van der Waals surface area (Å²) < 4.78 is 36.8. The Hall–Kier alpha value is -2.05. The van der Waals surface area contributed by atoms with Crippen LogP contribution < -0.4 is 4.74 Å². The largest absolute Gasteiger partial charge is 0.504 e. The molecule has 2 aromatic carbocycles. The average Bonchev–Trinajstić information content (AvgIpc) is 2.63. The normalized spacial score (nSPS) is 11.5. The van der Waals surface area contributed by atoms with E-state index in [0.29, 0.717) is 11.5 Å². The van der Waals surface area contributed by atoms with Crippen molar-refractivity contribution in [1.82, 2.24) is 0 Å². The first kappa shape index (κ1) is 21.3. The molecule has 0 saturated heterocycles. The van der Waals surface area contributed by atoms with Gasteiger partial charge >= 0.3 is 0 Å². The van der Waals surface area contributed by atoms with Crippen molar-refractivity contribution in [2.45, 2.75) is 63.2 Å². The van der Waals surface area contributed by atoms with E-state index in [2.05, 4.69) is 6.92 Å². The fourth-order valence-electron chi connectivity index (χ4n) is 2.93. The van der Waals surface area contributed by atoms with Gasteiger partial charge in [0.25, 0.3) is 10.1 Å². The van der Waals surface area contributed by atoms with Crippen LogP contribution in [0.15, 0.2) is 47.4 Å². The molecule has 148 valence electrons. The van der Waals surface area contributed by atoms with Gasteiger partial charge in [-0.15, -0.1) is 0 Å². The van der Waals surface area contributed by atoms with E-state index in [-0.39, 0.29) is 10.6 Å². The molecule has 0 spiro atoms. The van der Waals surface area contributed by atoms with Gasteiger partial charge in [0.15, 0.2) is 11.5 Å². The second kappa shape index (κ2) is 10.3. The second-order valence-electron chi connectivity index (χ2n) is 6.68. The summed E-state index contributed by atoms with van der Waals surface area (Å²) in [6, 6.07) is 10.8. The van der Waals surface area contributed by atoms with E-state index >= 15 is 0 Å². The summed E-state index contributed by atoms with van der Waals surface area (Å²) in [7, 11) is -4.23. The van der Waals surface area contributed by atoms with Crippen molar-refractivity contribution in [3.63, 3.8) is 0 Å². The molecule has 0 aliphatic carbocycles. The predicted molar refractivity (Wildman–Crippen MR) is 106 cm³/mol. The van der Waals surface area contributed by atoms with Crippen molar-refractivity contribution in [2.24, 2.45) is 0 Å². The topological polar surface area (TPSA) is 83.8 Å². The van der Waals surface area contributed by atoms with E-state index in [1.54, 1.807) is 6.07 Å². The highest BCUT2D eigenvalue weighted by atomic mass is 32.2. The number of aromatic hydroxyl groups is 1. The van der Waals surface area contributed by atoms with Gasteiger partial charge in [0.05, 0.1) is 4.90 Å². The summed E-state index contributed by atoms with van der Waals surface area (Å²) in [5, 5.41) is 10.4. The van der Waals surface area contributed by atoms with Crippen LogP contribution in [-0.2, 0) is 16.5 Å². The molecular weight excluding hydrogens is 364 g/mol. The minimum absolute atomic E-state index is 0.113. The number of hydrogen-bond donors (Lipinski definition) is 2. The van der Waals surface area contributed by atoms with Crippen LogP contribution in [0, 0.1) is 0 Å². The number of para-hydroxylation sites is 1. The van der Waals surface area contributed by atoms with Gasteiger partial charge in [0.2, 0.25) is 0 Å². The van der Waals surface area contributed by atoms with Crippen LogP contribution >= 0.6 is 0 Å². The molecule has 0 aliphatic rings. The third-order valence-corrected chi connectivity index (χ3v) is 5.35. The number of phenols is 1. The molecule has 0 aliphatic heterocycles. The Morgan fingerprint density at radius 3 is 2.15 bits per heavy atom. The van der Waals surface area contributed by atoms with Gasteiger partial charge in [-0.1, -0.05) is 57.6 Å². The summed E-state index contributed by atoms with van der Waals surface area (Å²) in [6.07, 6.45) is 9.28. The first-order valence-corrected chi connectivity index (χ1v) is 10.9. The highest BCUT2D eigenvalue weighted by molar-refractivity contribution is 7.85. The van der Waals surface area contributed by atoms with Gasteiger partial charge in [-0.3, -0.25) is 4.55 Å². The van der Waals surface area contributed by atoms with E-state index in [1.807, 2.05) is 12.1 Å². The van der Waals surface area contributed by atoms with Crippen LogP contribution in [0.3, 0.4) is 0 Å². The Balaban J connectivity index is 1.92. The Labute approximate surface area is 161 Å². The molecule has 0 amide bonds. The van der Waals surface area contributed by atoms with Crippen molar-refractivity contribution >= 4 is 10.1 Å². The lowest BCUT2D eigenvalue weighted by atomic mass is 10.0. The van der Waals surface area contributed by atoms with E-state index in [4.69, 9.17) is 9.29 Å². The van der Waals surface area contributed by atoms with Crippen molar-refractivity contribution in [2.75, 3.05) is 0 Å². The van der Waals surface area contributed by atoms with E-state index < -0.39 is 10.1 Å². The highest BCUT2D eigenvalue weighted by Crippen LogP contribution is 2.34. The zero-order chi connectivity index (χ0) is 19.7. The van der Waals surface area contributed by atoms with Crippen molar-refractivity contribution in [3.8, 4) is 17.2 Å². The van der Waals surface area contributed by atoms with Gasteiger partial charge < -0.3 is 9.84 Å². The summed E-state index contributed by atoms with van der Waals surface area (Å²) in [5.41, 5.74) is 0.843. The third kappa shape index (κ3) is 6.88. The molecule has 2 rings (SSSR count). The molecule has 5 nitrogen and oxygen atoms in total. The van der Waals surface area contributed by atoms with E-state index in [0.717, 1.165) is 24.8 Å². The first-order valence-electron chi connectivity index (χ1n) is 9.48. The minimum Gasteiger partial charge on any atom is -0.504 e. The number of phenolic OH excluding ortho intramolecular Hbond substituents is 1. The Morgan fingerprint density at radius 1 is 0.889 bits per heavy atom. The monoisotopic (exact) mass is 392 g/mol. The van der Waals surface area contributed by atoms with Crippen LogP contribution in [0.25, 0.3) is 0 Å². The quantitative estimate of drug-likeness (QED) is 0.377. The molecular formula is C21H28O5S. The predicted octanol–water partition coefficient (Wildman–Crippen LogP) is 5.72. The molecule has 0 bridgehead atoms. The number of hydrogen-bond acceptors (Lipinski definition) is 4. The maximum Gasteiger partial charge on any atom is 0.294 e. The molecule has 0 heterocycles. The lowest BCUT2D eigenvalue weighted by Crippen LogP contribution is -1.97. The summed E-state index contributed by atoms with van der Waals surface area (Å²) in [4.78, 5) is -0.202. The van der Waals surface area contributed by atoms with Gasteiger partial charge in [0, 0.05) is 0 Å². The average molecular weight is 393 g/mol. The Morgan fingerprint density at radius 2 is 1.52 bits per heavy atom. The number of benzene rings is 2. The standard InChI is InChI=1S/C21H28O5S/c1-2-3-4-5-6-7-8-10-17-11-9-12-20(21(17)22)26-18-13-15-19(16-14-18)27(23,24)25/h9,11-16,22H,2-8,10H2,1H3,(H,23,24,25). The lowest BCUT2D eigenvalue weighted by Gasteiger charge is -2.11. The molecule has 0 saturated carbocycles. The third-order valence-electron chi connectivity index (χ3n) is 4.48. The summed E-state index contributed by atoms with van der Waals surface area (Å²) in [6.45, 7) is 2.21. The van der Waals surface area contributed by atoms with Gasteiger partial charge in [0.1, 0.15) is 5.75 Å². The Bertz CT molecular complexity index is 813. The minimum atomic E-state index is -4.23. The van der Waals surface area contributed by atoms with Crippen LogP contribution in [0.1, 0.15) is 57.4 Å². The highest BCUT2D eigenvalue weighted by Gasteiger charge is 2.11. The zero-order valence-corrected chi connectivity index (χ0v) is 16.5. The molecule has 0 unspecified atom stereocenters. The number of aryl methyl sites for hydroxylation is 1. The van der Waals surface area contributed by atoms with E-state index in [1.165, 1.54) is 56.4 Å². The van der Waals surface area contributed by atoms with Gasteiger partial charge in [-0.2, -0.15) is 8.42 Å². The van der Waals surface area contributed by atoms with Crippen LogP contribution in [-0.4, -0.2) is 18.1 Å². The maximum atomic E-state index is 11.1. The van der Waals surface area contributed by atoms with Crippen LogP contribution in [0.5, 0.6) is 17.2 Å². The first-order chi connectivity index (χ1) is 12.9. The van der Waals surface area contributed by atoms with Gasteiger partial charge in [-0.25, -0.2) is 0 Å². The number of ether oxygens (including phenoxy) is 1. The molecule has 0 fully saturated rings. The fourth-order valence-corrected chi connectivity index (χ4v) is 3.41. The zero-order valence-electron chi connectivity index (χ0n) is 15.7. The molecule has 6 heteroatoms. The summed E-state index contributed by atoms with van der Waals surface area (Å²) >= 11 is 0.